The highest BCUT2D eigenvalue weighted by Crippen LogP contribution is 2.29. The van der Waals surface area contributed by atoms with Crippen LogP contribution in [0.5, 0.6) is 0 Å². The fourth-order valence-corrected chi connectivity index (χ4v) is 6.06. The van der Waals surface area contributed by atoms with E-state index in [0.717, 1.165) is 11.1 Å². The molecule has 1 unspecified atom stereocenters. The lowest BCUT2D eigenvalue weighted by atomic mass is 10.2. The molecule has 0 bridgehead atoms. The van der Waals surface area contributed by atoms with Crippen molar-refractivity contribution in [3.05, 3.63) is 83.3 Å². The van der Waals surface area contributed by atoms with E-state index in [1.165, 1.54) is 24.5 Å². The minimum Gasteiger partial charge on any atom is -0.468 e. The van der Waals surface area contributed by atoms with Crippen LogP contribution < -0.4 is 4.72 Å². The minimum atomic E-state index is -3.90. The number of rotatable bonds is 7. The molecule has 6 nitrogen and oxygen atoms in total. The molecule has 1 atom stereocenters. The van der Waals surface area contributed by atoms with E-state index < -0.39 is 25.1 Å². The van der Waals surface area contributed by atoms with E-state index >= 15 is 0 Å². The van der Waals surface area contributed by atoms with Gasteiger partial charge in [-0.05, 0) is 62.2 Å². The number of hydrogen-bond acceptors (Lipinski definition) is 5. The Hall–Kier alpha value is -2.42. The number of sulfone groups is 1. The van der Waals surface area contributed by atoms with E-state index in [2.05, 4.69) is 4.72 Å². The molecular formula is C21H23NO5S2. The first kappa shape index (κ1) is 21.3. The van der Waals surface area contributed by atoms with Crippen LogP contribution >= 0.6 is 0 Å². The van der Waals surface area contributed by atoms with Gasteiger partial charge in [-0.3, -0.25) is 0 Å². The molecule has 1 heterocycles. The second-order valence-corrected chi connectivity index (χ2v) is 10.8. The smallest absolute Gasteiger partial charge is 0.240 e. The van der Waals surface area contributed by atoms with Crippen LogP contribution in [0.1, 0.15) is 27.7 Å². The van der Waals surface area contributed by atoms with Crippen LogP contribution in [0.3, 0.4) is 0 Å². The largest absolute Gasteiger partial charge is 0.468 e. The lowest BCUT2D eigenvalue weighted by molar-refractivity contribution is 0.486. The first-order valence-corrected chi connectivity index (χ1v) is 12.0. The van der Waals surface area contributed by atoms with Gasteiger partial charge in [0.1, 0.15) is 11.0 Å². The van der Waals surface area contributed by atoms with E-state index in [4.69, 9.17) is 4.42 Å². The van der Waals surface area contributed by atoms with Gasteiger partial charge < -0.3 is 4.42 Å². The van der Waals surface area contributed by atoms with Crippen LogP contribution in [0, 0.1) is 20.8 Å². The zero-order valence-electron chi connectivity index (χ0n) is 16.4. The topological polar surface area (TPSA) is 93.5 Å². The van der Waals surface area contributed by atoms with Gasteiger partial charge in [-0.1, -0.05) is 29.8 Å². The van der Waals surface area contributed by atoms with Gasteiger partial charge >= 0.3 is 0 Å². The van der Waals surface area contributed by atoms with E-state index in [0.29, 0.717) is 5.56 Å². The highest BCUT2D eigenvalue weighted by Gasteiger charge is 2.33. The van der Waals surface area contributed by atoms with Crippen LogP contribution in [0.15, 0.2) is 75.1 Å². The first-order chi connectivity index (χ1) is 13.6. The summed E-state index contributed by atoms with van der Waals surface area (Å²) in [6, 6.07) is 14.6. The van der Waals surface area contributed by atoms with Gasteiger partial charge in [0.25, 0.3) is 0 Å². The second kappa shape index (κ2) is 8.14. The Kier molecular flexibility index (Phi) is 5.97. The fraction of sp³-hybridized carbons (Fsp3) is 0.238. The summed E-state index contributed by atoms with van der Waals surface area (Å²) in [5.41, 5.74) is 2.30. The standard InChI is InChI=1S/C21H23NO5S2/c1-15-7-10-18(11-8-15)28(23,24)21(19-5-4-12-27-19)14-22-29(25,26)20-13-16(2)6-9-17(20)3/h4-13,21-22H,14H2,1-3H3. The van der Waals surface area contributed by atoms with Gasteiger partial charge in [0.05, 0.1) is 16.1 Å². The fourth-order valence-electron chi connectivity index (χ4n) is 2.99. The van der Waals surface area contributed by atoms with E-state index in [-0.39, 0.29) is 22.1 Å². The van der Waals surface area contributed by atoms with Crippen LogP contribution in [-0.4, -0.2) is 23.4 Å². The summed E-state index contributed by atoms with van der Waals surface area (Å²) in [7, 11) is -7.79. The number of sulfonamides is 1. The summed E-state index contributed by atoms with van der Waals surface area (Å²) in [6.07, 6.45) is 1.37. The van der Waals surface area contributed by atoms with Crippen molar-refractivity contribution in [2.24, 2.45) is 0 Å². The molecule has 1 N–H and O–H groups in total. The van der Waals surface area contributed by atoms with Gasteiger partial charge in [0, 0.05) is 6.54 Å². The number of furan rings is 1. The zero-order chi connectivity index (χ0) is 21.2. The van der Waals surface area contributed by atoms with Crippen molar-refractivity contribution >= 4 is 19.9 Å². The molecule has 0 fully saturated rings. The third kappa shape index (κ3) is 4.60. The third-order valence-electron chi connectivity index (χ3n) is 4.68. The maximum absolute atomic E-state index is 13.2. The summed E-state index contributed by atoms with van der Waals surface area (Å²) in [4.78, 5) is 0.235. The molecule has 0 radical (unpaired) electrons. The first-order valence-electron chi connectivity index (χ1n) is 9.02. The number of benzene rings is 2. The highest BCUT2D eigenvalue weighted by atomic mass is 32.2. The summed E-state index contributed by atoms with van der Waals surface area (Å²) in [6.45, 7) is 5.01. The van der Waals surface area contributed by atoms with Crippen molar-refractivity contribution in [2.45, 2.75) is 35.8 Å². The van der Waals surface area contributed by atoms with Gasteiger partial charge in [0.2, 0.25) is 10.0 Å². The predicted molar refractivity (Wildman–Crippen MR) is 111 cm³/mol. The zero-order valence-corrected chi connectivity index (χ0v) is 18.0. The lowest BCUT2D eigenvalue weighted by Crippen LogP contribution is -2.32. The Bertz CT molecular complexity index is 1200. The van der Waals surface area contributed by atoms with Crippen molar-refractivity contribution in [2.75, 3.05) is 6.54 Å². The van der Waals surface area contributed by atoms with Gasteiger partial charge in [-0.15, -0.1) is 0 Å². The number of aryl methyl sites for hydroxylation is 3. The van der Waals surface area contributed by atoms with E-state index in [1.54, 1.807) is 44.2 Å². The predicted octanol–water partition coefficient (Wildman–Crippen LogP) is 3.70. The Morgan fingerprint density at radius 1 is 0.897 bits per heavy atom. The Morgan fingerprint density at radius 3 is 2.17 bits per heavy atom. The summed E-state index contributed by atoms with van der Waals surface area (Å²) < 4.78 is 59.9. The monoisotopic (exact) mass is 433 g/mol. The molecule has 0 amide bonds. The molecule has 2 aromatic carbocycles. The SMILES string of the molecule is Cc1ccc(S(=O)(=O)C(CNS(=O)(=O)c2cc(C)ccc2C)c2ccco2)cc1. The molecule has 1 aromatic heterocycles. The van der Waals surface area contributed by atoms with Crippen LogP contribution in [0.2, 0.25) is 0 Å². The summed E-state index contributed by atoms with van der Waals surface area (Å²) >= 11 is 0. The average Bonchev–Trinajstić information content (AvgIpc) is 3.18. The van der Waals surface area contributed by atoms with Crippen molar-refractivity contribution in [3.8, 4) is 0 Å². The Balaban J connectivity index is 1.95. The molecule has 3 rings (SSSR count). The van der Waals surface area contributed by atoms with Crippen molar-refractivity contribution in [3.63, 3.8) is 0 Å². The quantitative estimate of drug-likeness (QED) is 0.613. The molecule has 0 aliphatic rings. The highest BCUT2D eigenvalue weighted by molar-refractivity contribution is 7.92. The van der Waals surface area contributed by atoms with Gasteiger partial charge in [-0.2, -0.15) is 0 Å². The van der Waals surface area contributed by atoms with Crippen LogP contribution in [0.25, 0.3) is 0 Å². The molecule has 154 valence electrons. The molecule has 0 saturated carbocycles. The molecule has 0 aliphatic carbocycles. The van der Waals surface area contributed by atoms with Crippen molar-refractivity contribution in [1.29, 1.82) is 0 Å². The maximum atomic E-state index is 13.2. The van der Waals surface area contributed by atoms with Crippen LogP contribution in [0.4, 0.5) is 0 Å². The van der Waals surface area contributed by atoms with Crippen molar-refractivity contribution in [1.82, 2.24) is 4.72 Å². The normalized spacial score (nSPS) is 13.3. The summed E-state index contributed by atoms with van der Waals surface area (Å²) in [5, 5.41) is -1.19. The number of nitrogens with one attached hydrogen (secondary N) is 1. The molecule has 29 heavy (non-hydrogen) atoms. The maximum Gasteiger partial charge on any atom is 0.240 e. The van der Waals surface area contributed by atoms with E-state index in [9.17, 15) is 16.8 Å². The number of hydrogen-bond donors (Lipinski definition) is 1. The van der Waals surface area contributed by atoms with Crippen molar-refractivity contribution < 1.29 is 21.3 Å². The molecule has 8 heteroatoms. The van der Waals surface area contributed by atoms with Gasteiger partial charge in [0.15, 0.2) is 9.84 Å². The molecule has 0 saturated heterocycles. The molecular weight excluding hydrogens is 410 g/mol. The Morgan fingerprint density at radius 2 is 1.55 bits per heavy atom. The molecule has 0 aliphatic heterocycles. The average molecular weight is 434 g/mol. The lowest BCUT2D eigenvalue weighted by Gasteiger charge is -2.17. The van der Waals surface area contributed by atoms with E-state index in [1.807, 2.05) is 13.0 Å². The second-order valence-electron chi connectivity index (χ2n) is 6.98. The molecule has 3 aromatic rings. The third-order valence-corrected chi connectivity index (χ3v) is 8.32. The summed E-state index contributed by atoms with van der Waals surface area (Å²) in [5.74, 6) is 0.175. The molecule has 0 spiro atoms. The van der Waals surface area contributed by atoms with Crippen LogP contribution in [-0.2, 0) is 19.9 Å². The minimum absolute atomic E-state index is 0.107. The Labute approximate surface area is 171 Å². The van der Waals surface area contributed by atoms with Gasteiger partial charge in [-0.25, -0.2) is 21.6 Å².